The molecule has 0 aliphatic heterocycles. The van der Waals surface area contributed by atoms with Crippen molar-refractivity contribution >= 4 is 27.5 Å². The molecule has 18 heavy (non-hydrogen) atoms. The van der Waals surface area contributed by atoms with Crippen molar-refractivity contribution in [3.63, 3.8) is 0 Å². The Labute approximate surface area is 111 Å². The molecule has 0 saturated heterocycles. The first kappa shape index (κ1) is 13.1. The minimum atomic E-state index is -0.453. The Hall–Kier alpha value is -1.36. The second-order valence-electron chi connectivity index (χ2n) is 5.18. The number of fused-ring (bicyclic) bond motifs is 1. The van der Waals surface area contributed by atoms with Crippen LogP contribution in [0.15, 0.2) is 11.4 Å². The van der Waals surface area contributed by atoms with Crippen molar-refractivity contribution < 1.29 is 9.53 Å². The second-order valence-corrected chi connectivity index (χ2v) is 6.10. The number of nitrogens with zero attached hydrogens (tertiary/aromatic N) is 2. The monoisotopic (exact) mass is 266 g/mol. The molecule has 0 unspecified atom stereocenters. The van der Waals surface area contributed by atoms with Crippen molar-refractivity contribution in [3.05, 3.63) is 17.1 Å². The van der Waals surface area contributed by atoms with Crippen LogP contribution in [-0.4, -0.2) is 21.4 Å². The molecular weight excluding hydrogens is 248 g/mol. The van der Waals surface area contributed by atoms with E-state index in [-0.39, 0.29) is 12.5 Å². The molecule has 0 atom stereocenters. The number of hydrogen-bond acceptors (Lipinski definition) is 4. The van der Waals surface area contributed by atoms with E-state index in [0.29, 0.717) is 0 Å². The molecule has 4 nitrogen and oxygen atoms in total. The Kier molecular flexibility index (Phi) is 3.43. The maximum Gasteiger partial charge on any atom is 0.328 e. The Morgan fingerprint density at radius 3 is 2.83 bits per heavy atom. The van der Waals surface area contributed by atoms with Crippen molar-refractivity contribution in [2.24, 2.45) is 0 Å². The number of aromatic nitrogens is 2. The lowest BCUT2D eigenvalue weighted by Crippen LogP contribution is -2.26. The third-order valence-electron chi connectivity index (χ3n) is 2.46. The van der Waals surface area contributed by atoms with Gasteiger partial charge in [-0.1, -0.05) is 6.92 Å². The largest absolute Gasteiger partial charge is 0.459 e. The van der Waals surface area contributed by atoms with Crippen LogP contribution in [-0.2, 0) is 22.5 Å². The molecule has 0 amide bonds. The molecule has 2 rings (SSSR count). The van der Waals surface area contributed by atoms with Crippen LogP contribution in [0.1, 0.15) is 33.4 Å². The molecule has 98 valence electrons. The van der Waals surface area contributed by atoms with Crippen molar-refractivity contribution in [3.8, 4) is 0 Å². The van der Waals surface area contributed by atoms with Gasteiger partial charge in [0.05, 0.1) is 15.9 Å². The molecule has 5 heteroatoms. The number of hydrogen-bond donors (Lipinski definition) is 0. The number of carbonyl (C=O) groups excluding carboxylic acids is 1. The quantitative estimate of drug-likeness (QED) is 0.802. The predicted octanol–water partition coefficient (Wildman–Crippen LogP) is 3.00. The number of aryl methyl sites for hydroxylation is 1. The van der Waals surface area contributed by atoms with Gasteiger partial charge < -0.3 is 4.74 Å². The second kappa shape index (κ2) is 4.72. The van der Waals surface area contributed by atoms with E-state index in [1.165, 1.54) is 4.70 Å². The van der Waals surface area contributed by atoms with E-state index in [9.17, 15) is 4.79 Å². The summed E-state index contributed by atoms with van der Waals surface area (Å²) < 4.78 is 8.22. The average molecular weight is 266 g/mol. The Morgan fingerprint density at radius 2 is 2.22 bits per heavy atom. The Balaban J connectivity index is 2.21. The summed E-state index contributed by atoms with van der Waals surface area (Å²) in [7, 11) is 0. The first-order valence-corrected chi connectivity index (χ1v) is 6.93. The minimum absolute atomic E-state index is 0.171. The topological polar surface area (TPSA) is 44.1 Å². The molecule has 0 saturated carbocycles. The zero-order valence-corrected chi connectivity index (χ0v) is 12.0. The molecule has 0 spiro atoms. The van der Waals surface area contributed by atoms with Gasteiger partial charge in [0.15, 0.2) is 0 Å². The smallest absolute Gasteiger partial charge is 0.328 e. The lowest BCUT2D eigenvalue weighted by atomic mass is 10.2. The molecule has 2 heterocycles. The van der Waals surface area contributed by atoms with Gasteiger partial charge >= 0.3 is 5.97 Å². The molecule has 2 aromatic rings. The van der Waals surface area contributed by atoms with Gasteiger partial charge in [-0.25, -0.2) is 0 Å². The summed E-state index contributed by atoms with van der Waals surface area (Å²) in [4.78, 5) is 11.8. The van der Waals surface area contributed by atoms with Crippen LogP contribution in [0.25, 0.3) is 10.2 Å². The summed E-state index contributed by atoms with van der Waals surface area (Å²) in [6.45, 7) is 7.84. The molecule has 0 bridgehead atoms. The van der Waals surface area contributed by atoms with Gasteiger partial charge in [-0.2, -0.15) is 5.10 Å². The van der Waals surface area contributed by atoms with Gasteiger partial charge in [-0.3, -0.25) is 9.48 Å². The van der Waals surface area contributed by atoms with Crippen LogP contribution in [0.4, 0.5) is 0 Å². The van der Waals surface area contributed by atoms with Crippen molar-refractivity contribution in [1.82, 2.24) is 9.78 Å². The highest BCUT2D eigenvalue weighted by Crippen LogP contribution is 2.25. The van der Waals surface area contributed by atoms with E-state index in [1.807, 2.05) is 32.2 Å². The predicted molar refractivity (Wildman–Crippen MR) is 72.8 cm³/mol. The van der Waals surface area contributed by atoms with Crippen LogP contribution < -0.4 is 0 Å². The fourth-order valence-corrected chi connectivity index (χ4v) is 2.76. The highest BCUT2D eigenvalue weighted by molar-refractivity contribution is 7.17. The van der Waals surface area contributed by atoms with Gasteiger partial charge in [0, 0.05) is 0 Å². The van der Waals surface area contributed by atoms with E-state index in [4.69, 9.17) is 4.74 Å². The standard InChI is InChI=1S/C13H18N2O2S/c1-5-9-12-10(6-7-18-12)15(14-9)8-11(16)17-13(2,3)4/h6-7H,5,8H2,1-4H3. The number of ether oxygens (including phenoxy) is 1. The van der Waals surface area contributed by atoms with E-state index >= 15 is 0 Å². The summed E-state index contributed by atoms with van der Waals surface area (Å²) in [6.07, 6.45) is 0.873. The molecule has 0 aliphatic rings. The van der Waals surface area contributed by atoms with Gasteiger partial charge in [0.1, 0.15) is 12.1 Å². The van der Waals surface area contributed by atoms with Crippen LogP contribution in [0.3, 0.4) is 0 Å². The molecule has 0 N–H and O–H groups in total. The highest BCUT2D eigenvalue weighted by atomic mass is 32.1. The number of esters is 1. The third-order valence-corrected chi connectivity index (χ3v) is 3.41. The van der Waals surface area contributed by atoms with Crippen LogP contribution in [0.5, 0.6) is 0 Å². The van der Waals surface area contributed by atoms with Crippen LogP contribution in [0.2, 0.25) is 0 Å². The molecule has 0 fully saturated rings. The Morgan fingerprint density at radius 1 is 1.50 bits per heavy atom. The fourth-order valence-electron chi connectivity index (χ4n) is 1.81. The zero-order valence-electron chi connectivity index (χ0n) is 11.2. The minimum Gasteiger partial charge on any atom is -0.459 e. The molecule has 0 radical (unpaired) electrons. The van der Waals surface area contributed by atoms with E-state index in [1.54, 1.807) is 16.0 Å². The van der Waals surface area contributed by atoms with E-state index < -0.39 is 5.60 Å². The van der Waals surface area contributed by atoms with Gasteiger partial charge in [0.2, 0.25) is 0 Å². The van der Waals surface area contributed by atoms with Gasteiger partial charge in [-0.15, -0.1) is 11.3 Å². The molecular formula is C13H18N2O2S. The average Bonchev–Trinajstić information content (AvgIpc) is 2.78. The zero-order chi connectivity index (χ0) is 13.3. The van der Waals surface area contributed by atoms with E-state index in [2.05, 4.69) is 12.0 Å². The first-order chi connectivity index (χ1) is 8.40. The molecule has 0 aromatic carbocycles. The fraction of sp³-hybridized carbons (Fsp3) is 0.538. The van der Waals surface area contributed by atoms with Gasteiger partial charge in [-0.05, 0) is 38.6 Å². The maximum atomic E-state index is 11.8. The summed E-state index contributed by atoms with van der Waals surface area (Å²) in [5.41, 5.74) is 1.61. The number of carbonyl (C=O) groups is 1. The van der Waals surface area contributed by atoms with Crippen LogP contribution in [0, 0.1) is 0 Å². The maximum absolute atomic E-state index is 11.8. The Bertz CT molecular complexity index is 563. The SMILES string of the molecule is CCc1nn(CC(=O)OC(C)(C)C)c2ccsc12. The van der Waals surface area contributed by atoms with Crippen molar-refractivity contribution in [2.75, 3.05) is 0 Å². The normalized spacial score (nSPS) is 12.0. The summed E-state index contributed by atoms with van der Waals surface area (Å²) in [6, 6.07) is 2.00. The third kappa shape index (κ3) is 2.72. The molecule has 0 aliphatic carbocycles. The van der Waals surface area contributed by atoms with Crippen LogP contribution >= 0.6 is 11.3 Å². The molecule has 2 aromatic heterocycles. The van der Waals surface area contributed by atoms with Crippen molar-refractivity contribution in [2.45, 2.75) is 46.3 Å². The summed E-state index contributed by atoms with van der Waals surface area (Å²) >= 11 is 1.66. The number of rotatable bonds is 3. The summed E-state index contributed by atoms with van der Waals surface area (Å²) in [5, 5.41) is 6.49. The van der Waals surface area contributed by atoms with E-state index in [0.717, 1.165) is 17.6 Å². The summed E-state index contributed by atoms with van der Waals surface area (Å²) in [5.74, 6) is -0.249. The lowest BCUT2D eigenvalue weighted by molar-refractivity contribution is -0.155. The van der Waals surface area contributed by atoms with Gasteiger partial charge in [0.25, 0.3) is 0 Å². The number of thiophene rings is 1. The van der Waals surface area contributed by atoms with Crippen molar-refractivity contribution in [1.29, 1.82) is 0 Å². The lowest BCUT2D eigenvalue weighted by Gasteiger charge is -2.19. The first-order valence-electron chi connectivity index (χ1n) is 6.05. The highest BCUT2D eigenvalue weighted by Gasteiger charge is 2.18.